The Hall–Kier alpha value is -1.86. The molecule has 0 unspecified atom stereocenters. The zero-order chi connectivity index (χ0) is 16.6. The van der Waals surface area contributed by atoms with E-state index in [0.29, 0.717) is 18.5 Å². The lowest BCUT2D eigenvalue weighted by molar-refractivity contribution is 0.0696. The van der Waals surface area contributed by atoms with Gasteiger partial charge in [0, 0.05) is 10.2 Å². The summed E-state index contributed by atoms with van der Waals surface area (Å²) in [6, 6.07) is 9.56. The van der Waals surface area contributed by atoms with Crippen molar-refractivity contribution in [2.75, 3.05) is 4.72 Å². The van der Waals surface area contributed by atoms with E-state index in [1.54, 1.807) is 30.3 Å². The summed E-state index contributed by atoms with van der Waals surface area (Å²) < 4.78 is 28.8. The summed E-state index contributed by atoms with van der Waals surface area (Å²) in [4.78, 5) is 11.3. The molecular weight excluding hydrogens is 382 g/mol. The fourth-order valence-corrected chi connectivity index (χ4v) is 4.42. The summed E-state index contributed by atoms with van der Waals surface area (Å²) in [5.41, 5.74) is 1.96. The number of carboxylic acids is 1. The van der Waals surface area contributed by atoms with E-state index in [-0.39, 0.29) is 10.5 Å². The summed E-state index contributed by atoms with van der Waals surface area (Å²) in [7, 11) is -3.84. The molecule has 2 aromatic rings. The molecule has 0 spiro atoms. The molecule has 0 amide bonds. The maximum Gasteiger partial charge on any atom is 0.335 e. The largest absolute Gasteiger partial charge is 0.478 e. The lowest BCUT2D eigenvalue weighted by atomic mass is 10.1. The fourth-order valence-electron chi connectivity index (χ4n) is 2.76. The Morgan fingerprint density at radius 2 is 1.83 bits per heavy atom. The van der Waals surface area contributed by atoms with E-state index in [2.05, 4.69) is 20.7 Å². The number of carboxylic acid groups (broad SMARTS) is 1. The Balaban J connectivity index is 2.05. The van der Waals surface area contributed by atoms with Crippen LogP contribution in [0.4, 0.5) is 5.69 Å². The van der Waals surface area contributed by atoms with Crippen molar-refractivity contribution in [2.24, 2.45) is 0 Å². The molecule has 0 atom stereocenters. The van der Waals surface area contributed by atoms with Crippen LogP contribution in [0.1, 0.15) is 27.9 Å². The number of sulfonamides is 1. The molecular formula is C16H14BrNO4S. The summed E-state index contributed by atoms with van der Waals surface area (Å²) in [5.74, 6) is -1.13. The smallest absolute Gasteiger partial charge is 0.335 e. The molecule has 0 saturated heterocycles. The van der Waals surface area contributed by atoms with E-state index in [0.717, 1.165) is 22.0 Å². The molecule has 2 aromatic carbocycles. The number of nitrogens with one attached hydrogen (secondary N) is 1. The van der Waals surface area contributed by atoms with Gasteiger partial charge in [-0.05, 0) is 66.8 Å². The van der Waals surface area contributed by atoms with Crippen molar-refractivity contribution in [1.82, 2.24) is 0 Å². The minimum absolute atomic E-state index is 0.00170. The summed E-state index contributed by atoms with van der Waals surface area (Å²) in [6.07, 6.45) is 2.18. The number of benzene rings is 2. The monoisotopic (exact) mass is 395 g/mol. The molecule has 0 saturated carbocycles. The van der Waals surface area contributed by atoms with Gasteiger partial charge in [-0.2, -0.15) is 0 Å². The first kappa shape index (κ1) is 16.0. The highest BCUT2D eigenvalue weighted by Gasteiger charge is 2.26. The van der Waals surface area contributed by atoms with Crippen LogP contribution in [0.5, 0.6) is 0 Å². The van der Waals surface area contributed by atoms with E-state index >= 15 is 0 Å². The van der Waals surface area contributed by atoms with Crippen LogP contribution in [0.25, 0.3) is 0 Å². The van der Waals surface area contributed by atoms with Gasteiger partial charge in [0.25, 0.3) is 10.0 Å². The van der Waals surface area contributed by atoms with Crippen LogP contribution in [-0.2, 0) is 22.9 Å². The van der Waals surface area contributed by atoms with Crippen molar-refractivity contribution < 1.29 is 18.3 Å². The molecule has 2 N–H and O–H groups in total. The van der Waals surface area contributed by atoms with E-state index in [9.17, 15) is 18.3 Å². The molecule has 120 valence electrons. The summed E-state index contributed by atoms with van der Waals surface area (Å²) in [6.45, 7) is 0. The van der Waals surface area contributed by atoms with Crippen molar-refractivity contribution in [3.63, 3.8) is 0 Å². The maximum atomic E-state index is 12.7. The number of aromatic carboxylic acids is 1. The number of carbonyl (C=O) groups is 1. The van der Waals surface area contributed by atoms with Crippen molar-refractivity contribution in [1.29, 1.82) is 0 Å². The average Bonchev–Trinajstić information content (AvgIpc) is 2.96. The minimum atomic E-state index is -3.84. The van der Waals surface area contributed by atoms with Gasteiger partial charge in [0.15, 0.2) is 0 Å². The predicted octanol–water partition coefficient (Wildman–Crippen LogP) is 3.44. The zero-order valence-corrected chi connectivity index (χ0v) is 14.4. The van der Waals surface area contributed by atoms with Crippen LogP contribution in [0.15, 0.2) is 45.8 Å². The molecule has 1 aliphatic rings. The van der Waals surface area contributed by atoms with Gasteiger partial charge >= 0.3 is 5.97 Å². The lowest BCUT2D eigenvalue weighted by Gasteiger charge is -2.13. The number of hydrogen-bond acceptors (Lipinski definition) is 3. The second-order valence-electron chi connectivity index (χ2n) is 5.38. The SMILES string of the molecule is O=C(O)c1cc2c(c(S(=O)(=O)Nc3ccc(Br)cc3)c1)CCC2. The maximum absolute atomic E-state index is 12.7. The second kappa shape index (κ2) is 5.98. The van der Waals surface area contributed by atoms with E-state index in [4.69, 9.17) is 0 Å². The fraction of sp³-hybridized carbons (Fsp3) is 0.188. The average molecular weight is 396 g/mol. The number of aryl methyl sites for hydroxylation is 1. The first-order valence-electron chi connectivity index (χ1n) is 7.04. The molecule has 23 heavy (non-hydrogen) atoms. The standard InChI is InChI=1S/C16H14BrNO4S/c17-12-4-6-13(7-5-12)18-23(21,22)15-9-11(16(19)20)8-10-2-1-3-14(10)15/h4-9,18H,1-3H2,(H,19,20). The summed E-state index contributed by atoms with van der Waals surface area (Å²) in [5, 5.41) is 9.21. The lowest BCUT2D eigenvalue weighted by Crippen LogP contribution is -2.16. The van der Waals surface area contributed by atoms with Gasteiger partial charge in [0.1, 0.15) is 0 Å². The molecule has 1 aliphatic carbocycles. The number of rotatable bonds is 4. The highest BCUT2D eigenvalue weighted by molar-refractivity contribution is 9.10. The Bertz CT molecular complexity index is 876. The van der Waals surface area contributed by atoms with Gasteiger partial charge in [0.2, 0.25) is 0 Å². The van der Waals surface area contributed by atoms with Gasteiger partial charge in [-0.15, -0.1) is 0 Å². The van der Waals surface area contributed by atoms with Crippen LogP contribution >= 0.6 is 15.9 Å². The van der Waals surface area contributed by atoms with Gasteiger partial charge in [-0.25, -0.2) is 13.2 Å². The minimum Gasteiger partial charge on any atom is -0.478 e. The van der Waals surface area contributed by atoms with Crippen LogP contribution < -0.4 is 4.72 Å². The molecule has 0 fully saturated rings. The molecule has 3 rings (SSSR count). The number of hydrogen-bond donors (Lipinski definition) is 2. The normalized spacial score (nSPS) is 13.6. The van der Waals surface area contributed by atoms with Gasteiger partial charge in [-0.3, -0.25) is 4.72 Å². The van der Waals surface area contributed by atoms with E-state index in [1.165, 1.54) is 6.07 Å². The Morgan fingerprint density at radius 1 is 1.13 bits per heavy atom. The summed E-state index contributed by atoms with van der Waals surface area (Å²) >= 11 is 3.29. The van der Waals surface area contributed by atoms with Gasteiger partial charge < -0.3 is 5.11 Å². The molecule has 0 heterocycles. The van der Waals surface area contributed by atoms with Crippen LogP contribution in [0, 0.1) is 0 Å². The van der Waals surface area contributed by atoms with Crippen molar-refractivity contribution >= 4 is 37.6 Å². The van der Waals surface area contributed by atoms with Crippen molar-refractivity contribution in [3.8, 4) is 0 Å². The third kappa shape index (κ3) is 3.25. The highest BCUT2D eigenvalue weighted by atomic mass is 79.9. The third-order valence-corrected chi connectivity index (χ3v) is 5.78. The molecule has 0 radical (unpaired) electrons. The number of halogens is 1. The Morgan fingerprint density at radius 3 is 2.48 bits per heavy atom. The first-order valence-corrected chi connectivity index (χ1v) is 9.32. The van der Waals surface area contributed by atoms with Gasteiger partial charge in [-0.1, -0.05) is 15.9 Å². The Labute approximate surface area is 142 Å². The molecule has 0 aromatic heterocycles. The molecule has 0 aliphatic heterocycles. The third-order valence-electron chi connectivity index (χ3n) is 3.81. The van der Waals surface area contributed by atoms with E-state index in [1.807, 2.05) is 0 Å². The highest BCUT2D eigenvalue weighted by Crippen LogP contribution is 2.31. The van der Waals surface area contributed by atoms with Gasteiger partial charge in [0.05, 0.1) is 10.5 Å². The topological polar surface area (TPSA) is 83.5 Å². The quantitative estimate of drug-likeness (QED) is 0.830. The molecule has 0 bridgehead atoms. The van der Waals surface area contributed by atoms with E-state index < -0.39 is 16.0 Å². The van der Waals surface area contributed by atoms with Crippen molar-refractivity contribution in [2.45, 2.75) is 24.2 Å². The number of fused-ring (bicyclic) bond motifs is 1. The zero-order valence-electron chi connectivity index (χ0n) is 12.0. The predicted molar refractivity (Wildman–Crippen MR) is 90.4 cm³/mol. The second-order valence-corrected chi connectivity index (χ2v) is 7.95. The molecule has 7 heteroatoms. The van der Waals surface area contributed by atoms with Crippen LogP contribution in [-0.4, -0.2) is 19.5 Å². The van der Waals surface area contributed by atoms with Crippen LogP contribution in [0.3, 0.4) is 0 Å². The first-order chi connectivity index (χ1) is 10.9. The Kier molecular flexibility index (Phi) is 4.16. The van der Waals surface area contributed by atoms with Crippen molar-refractivity contribution in [3.05, 3.63) is 57.6 Å². The number of anilines is 1. The molecule has 5 nitrogen and oxygen atoms in total. The van der Waals surface area contributed by atoms with Crippen LogP contribution in [0.2, 0.25) is 0 Å².